The van der Waals surface area contributed by atoms with Gasteiger partial charge in [0.2, 0.25) is 0 Å². The van der Waals surface area contributed by atoms with Crippen molar-refractivity contribution in [2.45, 2.75) is 110 Å². The number of aliphatic carboxylic acids is 1. The average Bonchev–Trinajstić information content (AvgIpc) is 2.50. The second kappa shape index (κ2) is 18.3. The van der Waals surface area contributed by atoms with E-state index in [9.17, 15) is 4.79 Å². The van der Waals surface area contributed by atoms with E-state index >= 15 is 0 Å². The van der Waals surface area contributed by atoms with Gasteiger partial charge in [-0.05, 0) is 12.8 Å². The normalized spacial score (nSPS) is 11.3. The summed E-state index contributed by atoms with van der Waals surface area (Å²) in [7, 11) is 0. The summed E-state index contributed by atoms with van der Waals surface area (Å²) in [6.07, 6.45) is 24.5. The van der Waals surface area contributed by atoms with Crippen LogP contribution in [0.1, 0.15) is 110 Å². The summed E-state index contributed by atoms with van der Waals surface area (Å²) in [5, 5.41) is 8.45. The van der Waals surface area contributed by atoms with Crippen LogP contribution in [-0.4, -0.2) is 11.1 Å². The Morgan fingerprint density at radius 1 is 0.682 bits per heavy atom. The highest BCUT2D eigenvalue weighted by molar-refractivity contribution is 5.79. The highest BCUT2D eigenvalue weighted by Crippen LogP contribution is 2.13. The van der Waals surface area contributed by atoms with Crippen LogP contribution in [0.3, 0.4) is 0 Å². The third-order valence-electron chi connectivity index (χ3n) is 4.23. The molecule has 0 aromatic carbocycles. The molecule has 0 aliphatic rings. The zero-order valence-corrected chi connectivity index (χ0v) is 14.8. The van der Waals surface area contributed by atoms with Gasteiger partial charge in [-0.15, -0.1) is 0 Å². The molecular weight excluding hydrogens is 272 g/mol. The molecule has 0 bridgehead atoms. The van der Waals surface area contributed by atoms with Gasteiger partial charge in [0.25, 0.3) is 0 Å². The molecule has 0 saturated heterocycles. The number of carboxylic acids is 1. The zero-order chi connectivity index (χ0) is 16.3. The second-order valence-electron chi connectivity index (χ2n) is 6.48. The SMILES string of the molecule is CCCCCCCCCCCCCCCCC/C=C/C(=O)O. The first-order chi connectivity index (χ1) is 10.8. The molecule has 1 N–H and O–H groups in total. The van der Waals surface area contributed by atoms with Crippen LogP contribution in [0.15, 0.2) is 12.2 Å². The Kier molecular flexibility index (Phi) is 17.6. The quantitative estimate of drug-likeness (QED) is 0.234. The predicted octanol–water partition coefficient (Wildman–Crippen LogP) is 6.89. The van der Waals surface area contributed by atoms with Crippen LogP contribution >= 0.6 is 0 Å². The first-order valence-corrected chi connectivity index (χ1v) is 9.67. The molecule has 0 radical (unpaired) electrons. The molecule has 0 aromatic rings. The zero-order valence-electron chi connectivity index (χ0n) is 14.8. The van der Waals surface area contributed by atoms with Gasteiger partial charge in [0.05, 0.1) is 0 Å². The lowest BCUT2D eigenvalue weighted by Crippen LogP contribution is -1.86. The van der Waals surface area contributed by atoms with Gasteiger partial charge in [0.1, 0.15) is 0 Å². The maximum atomic E-state index is 10.3. The third-order valence-corrected chi connectivity index (χ3v) is 4.23. The number of carboxylic acid groups (broad SMARTS) is 1. The summed E-state index contributed by atoms with van der Waals surface area (Å²) >= 11 is 0. The molecule has 0 atom stereocenters. The van der Waals surface area contributed by atoms with Crippen molar-refractivity contribution in [1.29, 1.82) is 0 Å². The van der Waals surface area contributed by atoms with Crippen molar-refractivity contribution >= 4 is 5.97 Å². The molecule has 130 valence electrons. The molecule has 0 unspecified atom stereocenters. The van der Waals surface area contributed by atoms with Crippen molar-refractivity contribution in [3.05, 3.63) is 12.2 Å². The number of allylic oxidation sites excluding steroid dienone is 1. The molecule has 0 fully saturated rings. The van der Waals surface area contributed by atoms with E-state index in [4.69, 9.17) is 5.11 Å². The molecule has 0 aliphatic carbocycles. The number of hydrogen-bond acceptors (Lipinski definition) is 1. The van der Waals surface area contributed by atoms with Gasteiger partial charge in [-0.3, -0.25) is 0 Å². The molecule has 0 rings (SSSR count). The van der Waals surface area contributed by atoms with E-state index in [1.807, 2.05) is 0 Å². The van der Waals surface area contributed by atoms with Crippen LogP contribution in [0.2, 0.25) is 0 Å². The van der Waals surface area contributed by atoms with Crippen molar-refractivity contribution in [2.75, 3.05) is 0 Å². The molecular formula is C20H38O2. The molecule has 0 heterocycles. The van der Waals surface area contributed by atoms with Gasteiger partial charge >= 0.3 is 5.97 Å². The molecule has 0 saturated carbocycles. The van der Waals surface area contributed by atoms with Crippen LogP contribution in [0.5, 0.6) is 0 Å². The van der Waals surface area contributed by atoms with E-state index in [0.29, 0.717) is 0 Å². The van der Waals surface area contributed by atoms with Gasteiger partial charge in [-0.2, -0.15) is 0 Å². The number of carbonyl (C=O) groups is 1. The molecule has 2 heteroatoms. The van der Waals surface area contributed by atoms with Gasteiger partial charge in [0.15, 0.2) is 0 Å². The lowest BCUT2D eigenvalue weighted by molar-refractivity contribution is -0.131. The van der Waals surface area contributed by atoms with Crippen LogP contribution < -0.4 is 0 Å². The Labute approximate surface area is 138 Å². The smallest absolute Gasteiger partial charge is 0.327 e. The van der Waals surface area contributed by atoms with E-state index in [0.717, 1.165) is 12.8 Å². The molecule has 2 nitrogen and oxygen atoms in total. The monoisotopic (exact) mass is 310 g/mol. The summed E-state index contributed by atoms with van der Waals surface area (Å²) in [4.78, 5) is 10.3. The first-order valence-electron chi connectivity index (χ1n) is 9.67. The fourth-order valence-corrected chi connectivity index (χ4v) is 2.82. The van der Waals surface area contributed by atoms with E-state index in [-0.39, 0.29) is 0 Å². The van der Waals surface area contributed by atoms with Crippen LogP contribution in [0.4, 0.5) is 0 Å². The fourth-order valence-electron chi connectivity index (χ4n) is 2.82. The van der Waals surface area contributed by atoms with Crippen molar-refractivity contribution in [3.63, 3.8) is 0 Å². The summed E-state index contributed by atoms with van der Waals surface area (Å²) in [6.45, 7) is 2.27. The Morgan fingerprint density at radius 3 is 1.41 bits per heavy atom. The Hall–Kier alpha value is -0.790. The number of hydrogen-bond donors (Lipinski definition) is 1. The lowest BCUT2D eigenvalue weighted by atomic mass is 10.0. The molecule has 0 amide bonds. The Bertz CT molecular complexity index is 258. The summed E-state index contributed by atoms with van der Waals surface area (Å²) in [6, 6.07) is 0. The van der Waals surface area contributed by atoms with Crippen LogP contribution in [-0.2, 0) is 4.79 Å². The third kappa shape index (κ3) is 19.2. The highest BCUT2D eigenvalue weighted by atomic mass is 16.4. The maximum absolute atomic E-state index is 10.3. The minimum Gasteiger partial charge on any atom is -0.478 e. The minimum absolute atomic E-state index is 0.832. The summed E-state index contributed by atoms with van der Waals surface area (Å²) < 4.78 is 0. The number of unbranched alkanes of at least 4 members (excludes halogenated alkanes) is 15. The summed E-state index contributed by atoms with van der Waals surface area (Å²) in [5.74, 6) is -0.832. The molecule has 0 aliphatic heterocycles. The van der Waals surface area contributed by atoms with Crippen molar-refractivity contribution in [1.82, 2.24) is 0 Å². The molecule has 0 aromatic heterocycles. The number of rotatable bonds is 17. The average molecular weight is 311 g/mol. The van der Waals surface area contributed by atoms with Crippen molar-refractivity contribution < 1.29 is 9.90 Å². The van der Waals surface area contributed by atoms with Crippen LogP contribution in [0.25, 0.3) is 0 Å². The standard InChI is InChI=1S/C20H38O2/c1-2-3-4-5-6-7-8-9-10-11-12-13-14-15-16-17-18-19-20(21)22/h18-19H,2-17H2,1H3,(H,21,22)/b19-18+. The van der Waals surface area contributed by atoms with Gasteiger partial charge in [-0.1, -0.05) is 103 Å². The fraction of sp³-hybridized carbons (Fsp3) is 0.850. The topological polar surface area (TPSA) is 37.3 Å². The predicted molar refractivity (Wildman–Crippen MR) is 96.3 cm³/mol. The largest absolute Gasteiger partial charge is 0.478 e. The van der Waals surface area contributed by atoms with Crippen molar-refractivity contribution in [3.8, 4) is 0 Å². The van der Waals surface area contributed by atoms with Gasteiger partial charge in [-0.25, -0.2) is 4.79 Å². The molecule has 22 heavy (non-hydrogen) atoms. The van der Waals surface area contributed by atoms with Crippen molar-refractivity contribution in [2.24, 2.45) is 0 Å². The first kappa shape index (κ1) is 21.2. The maximum Gasteiger partial charge on any atom is 0.327 e. The van der Waals surface area contributed by atoms with E-state index in [1.165, 1.54) is 96.0 Å². The minimum atomic E-state index is -0.832. The summed E-state index contributed by atoms with van der Waals surface area (Å²) in [5.41, 5.74) is 0. The van der Waals surface area contributed by atoms with Gasteiger partial charge < -0.3 is 5.11 Å². The Balaban J connectivity index is 3.01. The van der Waals surface area contributed by atoms with E-state index in [1.54, 1.807) is 6.08 Å². The molecule has 0 spiro atoms. The second-order valence-corrected chi connectivity index (χ2v) is 6.48. The van der Waals surface area contributed by atoms with Crippen LogP contribution in [0, 0.1) is 0 Å². The van der Waals surface area contributed by atoms with E-state index in [2.05, 4.69) is 6.92 Å². The van der Waals surface area contributed by atoms with Gasteiger partial charge in [0, 0.05) is 6.08 Å². The lowest BCUT2D eigenvalue weighted by Gasteiger charge is -2.03. The van der Waals surface area contributed by atoms with E-state index < -0.39 is 5.97 Å². The highest BCUT2D eigenvalue weighted by Gasteiger charge is 1.94. The Morgan fingerprint density at radius 2 is 1.05 bits per heavy atom.